The second kappa shape index (κ2) is 6.86. The van der Waals surface area contributed by atoms with Gasteiger partial charge >= 0.3 is 5.97 Å². The molecular weight excluding hydrogens is 206 g/mol. The van der Waals surface area contributed by atoms with Gasteiger partial charge in [-0.25, -0.2) is 0 Å². The van der Waals surface area contributed by atoms with E-state index in [4.69, 9.17) is 9.47 Å². The Morgan fingerprint density at radius 3 is 2.25 bits per heavy atom. The van der Waals surface area contributed by atoms with Crippen molar-refractivity contribution < 1.29 is 14.3 Å². The monoisotopic (exact) mass is 231 g/mol. The van der Waals surface area contributed by atoms with Gasteiger partial charge in [0.25, 0.3) is 0 Å². The highest BCUT2D eigenvalue weighted by atomic mass is 16.5. The molecule has 0 aliphatic rings. The summed E-state index contributed by atoms with van der Waals surface area (Å²) < 4.78 is 9.87. The predicted octanol–water partition coefficient (Wildman–Crippen LogP) is 1.54. The molecule has 0 atom stereocenters. The number of esters is 1. The highest BCUT2D eigenvalue weighted by Crippen LogP contribution is 2.20. The fourth-order valence-electron chi connectivity index (χ4n) is 1.58. The van der Waals surface area contributed by atoms with Crippen LogP contribution in [0.4, 0.5) is 0 Å². The van der Waals surface area contributed by atoms with Gasteiger partial charge < -0.3 is 9.47 Å². The van der Waals surface area contributed by atoms with Crippen LogP contribution in [0.1, 0.15) is 27.7 Å². The maximum absolute atomic E-state index is 11.6. The maximum atomic E-state index is 11.6. The number of nitrogens with zero attached hydrogens (tertiary/aromatic N) is 1. The second-order valence-corrected chi connectivity index (χ2v) is 4.93. The molecule has 0 aromatic carbocycles. The molecule has 0 bridgehead atoms. The van der Waals surface area contributed by atoms with Crippen molar-refractivity contribution in [1.82, 2.24) is 4.90 Å². The van der Waals surface area contributed by atoms with Gasteiger partial charge in [0.2, 0.25) is 0 Å². The molecule has 0 heterocycles. The number of hydrogen-bond donors (Lipinski definition) is 0. The largest absolute Gasteiger partial charge is 0.469 e. The minimum atomic E-state index is -0.479. The Balaban J connectivity index is 4.42. The third-order valence-corrected chi connectivity index (χ3v) is 2.65. The fourth-order valence-corrected chi connectivity index (χ4v) is 1.58. The number of hydrogen-bond acceptors (Lipinski definition) is 4. The summed E-state index contributed by atoms with van der Waals surface area (Å²) in [6, 6.07) is 0.388. The van der Waals surface area contributed by atoms with Crippen LogP contribution in [0.15, 0.2) is 0 Å². The lowest BCUT2D eigenvalue weighted by Crippen LogP contribution is -2.44. The van der Waals surface area contributed by atoms with Gasteiger partial charge in [-0.2, -0.15) is 0 Å². The van der Waals surface area contributed by atoms with Gasteiger partial charge in [0.1, 0.15) is 0 Å². The molecule has 4 heteroatoms. The van der Waals surface area contributed by atoms with E-state index >= 15 is 0 Å². The minimum Gasteiger partial charge on any atom is -0.469 e. The molecule has 0 unspecified atom stereocenters. The first-order valence-corrected chi connectivity index (χ1v) is 5.66. The minimum absolute atomic E-state index is 0.171. The lowest BCUT2D eigenvalue weighted by atomic mass is 9.92. The number of carbonyl (C=O) groups is 1. The summed E-state index contributed by atoms with van der Waals surface area (Å²) in [4.78, 5) is 13.8. The van der Waals surface area contributed by atoms with Gasteiger partial charge in [0.15, 0.2) is 0 Å². The number of ether oxygens (including phenoxy) is 2. The smallest absolute Gasteiger partial charge is 0.312 e. The van der Waals surface area contributed by atoms with Crippen LogP contribution in [0.5, 0.6) is 0 Å². The Labute approximate surface area is 98.9 Å². The molecule has 0 saturated carbocycles. The molecule has 0 radical (unpaired) electrons. The van der Waals surface area contributed by atoms with Crippen LogP contribution in [0.3, 0.4) is 0 Å². The number of methoxy groups -OCH3 is 2. The van der Waals surface area contributed by atoms with Crippen LogP contribution in [0, 0.1) is 5.41 Å². The molecule has 0 aromatic heterocycles. The van der Waals surface area contributed by atoms with Crippen LogP contribution in [0.2, 0.25) is 0 Å². The van der Waals surface area contributed by atoms with Gasteiger partial charge in [-0.05, 0) is 27.7 Å². The van der Waals surface area contributed by atoms with Gasteiger partial charge in [0.05, 0.1) is 19.1 Å². The van der Waals surface area contributed by atoms with E-state index in [2.05, 4.69) is 18.7 Å². The SMILES string of the molecule is COCCN(CC(C)(C)C(=O)OC)C(C)C. The lowest BCUT2D eigenvalue weighted by molar-refractivity contribution is -0.152. The Hall–Kier alpha value is -0.610. The maximum Gasteiger partial charge on any atom is 0.312 e. The van der Waals surface area contributed by atoms with E-state index in [9.17, 15) is 4.79 Å². The molecule has 0 saturated heterocycles. The predicted molar refractivity (Wildman–Crippen MR) is 64.4 cm³/mol. The third kappa shape index (κ3) is 4.94. The van der Waals surface area contributed by atoms with Gasteiger partial charge in [-0.1, -0.05) is 0 Å². The summed E-state index contributed by atoms with van der Waals surface area (Å²) in [5.74, 6) is -0.171. The molecule has 0 N–H and O–H groups in total. The molecular formula is C12H25NO3. The van der Waals surface area contributed by atoms with E-state index in [-0.39, 0.29) is 5.97 Å². The molecule has 0 spiro atoms. The molecule has 0 fully saturated rings. The van der Waals surface area contributed by atoms with E-state index in [1.165, 1.54) is 7.11 Å². The summed E-state index contributed by atoms with van der Waals surface area (Å²) in [7, 11) is 3.11. The first-order chi connectivity index (χ1) is 7.35. The molecule has 0 rings (SSSR count). The van der Waals surface area contributed by atoms with Crippen LogP contribution >= 0.6 is 0 Å². The van der Waals surface area contributed by atoms with Crippen molar-refractivity contribution in [3.05, 3.63) is 0 Å². The Bertz CT molecular complexity index is 214. The van der Waals surface area contributed by atoms with E-state index in [1.807, 2.05) is 13.8 Å². The normalized spacial score (nSPS) is 12.2. The number of rotatable bonds is 7. The molecule has 0 amide bonds. The summed E-state index contributed by atoms with van der Waals surface area (Å²) in [5, 5.41) is 0. The van der Waals surface area contributed by atoms with E-state index in [1.54, 1.807) is 7.11 Å². The quantitative estimate of drug-likeness (QED) is 0.623. The summed E-state index contributed by atoms with van der Waals surface area (Å²) >= 11 is 0. The fraction of sp³-hybridized carbons (Fsp3) is 0.917. The van der Waals surface area contributed by atoms with Gasteiger partial charge in [0, 0.05) is 26.2 Å². The first kappa shape index (κ1) is 15.4. The van der Waals surface area contributed by atoms with Crippen molar-refractivity contribution in [3.8, 4) is 0 Å². The van der Waals surface area contributed by atoms with Crippen LogP contribution in [-0.2, 0) is 14.3 Å². The van der Waals surface area contributed by atoms with E-state index < -0.39 is 5.41 Å². The average Bonchev–Trinajstić information content (AvgIpc) is 2.22. The highest BCUT2D eigenvalue weighted by molar-refractivity contribution is 5.76. The second-order valence-electron chi connectivity index (χ2n) is 4.93. The third-order valence-electron chi connectivity index (χ3n) is 2.65. The Morgan fingerprint density at radius 2 is 1.88 bits per heavy atom. The van der Waals surface area contributed by atoms with Gasteiger partial charge in [-0.3, -0.25) is 9.69 Å². The van der Waals surface area contributed by atoms with E-state index in [0.29, 0.717) is 19.2 Å². The summed E-state index contributed by atoms with van der Waals surface area (Å²) in [5.41, 5.74) is -0.479. The van der Waals surface area contributed by atoms with Crippen LogP contribution in [0.25, 0.3) is 0 Å². The molecule has 0 aliphatic carbocycles. The zero-order valence-corrected chi connectivity index (χ0v) is 11.4. The Kier molecular flexibility index (Phi) is 6.60. The molecule has 4 nitrogen and oxygen atoms in total. The molecule has 0 aliphatic heterocycles. The first-order valence-electron chi connectivity index (χ1n) is 5.66. The molecule has 96 valence electrons. The topological polar surface area (TPSA) is 38.8 Å². The van der Waals surface area contributed by atoms with Crippen molar-refractivity contribution in [2.75, 3.05) is 33.9 Å². The summed E-state index contributed by atoms with van der Waals surface area (Å²) in [6.45, 7) is 10.2. The van der Waals surface area contributed by atoms with Crippen molar-refractivity contribution in [2.24, 2.45) is 5.41 Å². The lowest BCUT2D eigenvalue weighted by Gasteiger charge is -2.33. The van der Waals surface area contributed by atoms with Crippen molar-refractivity contribution in [1.29, 1.82) is 0 Å². The van der Waals surface area contributed by atoms with Crippen molar-refractivity contribution >= 4 is 5.97 Å². The molecule has 16 heavy (non-hydrogen) atoms. The molecule has 0 aromatic rings. The zero-order chi connectivity index (χ0) is 12.8. The van der Waals surface area contributed by atoms with Crippen LogP contribution < -0.4 is 0 Å². The average molecular weight is 231 g/mol. The zero-order valence-electron chi connectivity index (χ0n) is 11.4. The van der Waals surface area contributed by atoms with Crippen LogP contribution in [-0.4, -0.2) is 50.8 Å². The number of carbonyl (C=O) groups excluding carboxylic acids is 1. The van der Waals surface area contributed by atoms with Crippen molar-refractivity contribution in [3.63, 3.8) is 0 Å². The van der Waals surface area contributed by atoms with Crippen molar-refractivity contribution in [2.45, 2.75) is 33.7 Å². The Morgan fingerprint density at radius 1 is 1.31 bits per heavy atom. The van der Waals surface area contributed by atoms with Gasteiger partial charge in [-0.15, -0.1) is 0 Å². The highest BCUT2D eigenvalue weighted by Gasteiger charge is 2.31. The standard InChI is InChI=1S/C12H25NO3/c1-10(2)13(7-8-15-5)9-12(3,4)11(14)16-6/h10H,7-9H2,1-6H3. The van der Waals surface area contributed by atoms with E-state index in [0.717, 1.165) is 6.54 Å². The summed E-state index contributed by atoms with van der Waals surface area (Å²) in [6.07, 6.45) is 0.